The fraction of sp³-hybridized carbons (Fsp3) is 0.156. The zero-order valence-electron chi connectivity index (χ0n) is 22.0. The Labute approximate surface area is 231 Å². The van der Waals surface area contributed by atoms with Gasteiger partial charge in [-0.25, -0.2) is 0 Å². The molecular formula is C32H28N2O4S. The van der Waals surface area contributed by atoms with Crippen molar-refractivity contribution in [3.8, 4) is 5.75 Å². The van der Waals surface area contributed by atoms with Crippen LogP contribution in [-0.4, -0.2) is 28.5 Å². The molecule has 4 aromatic rings. The molecule has 1 aliphatic rings. The van der Waals surface area contributed by atoms with Gasteiger partial charge < -0.3 is 10.1 Å². The lowest BCUT2D eigenvalue weighted by molar-refractivity contribution is -0.127. The van der Waals surface area contributed by atoms with E-state index < -0.39 is 17.1 Å². The maximum absolute atomic E-state index is 13.1. The monoisotopic (exact) mass is 536 g/mol. The largest absolute Gasteiger partial charge is 0.488 e. The van der Waals surface area contributed by atoms with Crippen LogP contribution in [0.25, 0.3) is 16.8 Å². The van der Waals surface area contributed by atoms with Crippen LogP contribution in [0, 0.1) is 20.8 Å². The Hall–Kier alpha value is -4.36. The lowest BCUT2D eigenvalue weighted by atomic mass is 10.1. The molecule has 1 saturated heterocycles. The standard InChI is InChI=1S/C32H28N2O4S/c1-20-15-21(2)30(22(3)16-20)33-29(35)18-34-31(36)28(39-32(34)37)17-24-10-5-7-14-27(24)38-19-25-12-8-11-23-9-4-6-13-26(23)25/h4-17H,18-19H2,1-3H3,(H,33,35)/b28-17-. The van der Waals surface area contributed by atoms with Crippen LogP contribution in [0.3, 0.4) is 0 Å². The van der Waals surface area contributed by atoms with Crippen LogP contribution >= 0.6 is 11.8 Å². The Balaban J connectivity index is 1.30. The summed E-state index contributed by atoms with van der Waals surface area (Å²) in [4.78, 5) is 39.8. The van der Waals surface area contributed by atoms with Crippen LogP contribution in [0.1, 0.15) is 27.8 Å². The fourth-order valence-electron chi connectivity index (χ4n) is 4.78. The minimum absolute atomic E-state index is 0.247. The van der Waals surface area contributed by atoms with E-state index in [-0.39, 0.29) is 11.4 Å². The molecule has 4 aromatic carbocycles. The van der Waals surface area contributed by atoms with E-state index in [2.05, 4.69) is 23.5 Å². The molecule has 6 nitrogen and oxygen atoms in total. The van der Waals surface area contributed by atoms with E-state index in [0.717, 1.165) is 49.7 Å². The Bertz CT molecular complexity index is 1610. The van der Waals surface area contributed by atoms with Crippen LogP contribution in [0.15, 0.2) is 83.8 Å². The van der Waals surface area contributed by atoms with E-state index in [9.17, 15) is 14.4 Å². The van der Waals surface area contributed by atoms with Crippen LogP contribution in [0.4, 0.5) is 10.5 Å². The fourth-order valence-corrected chi connectivity index (χ4v) is 5.61. The van der Waals surface area contributed by atoms with Crippen molar-refractivity contribution in [3.63, 3.8) is 0 Å². The SMILES string of the molecule is Cc1cc(C)c(NC(=O)CN2C(=O)S/C(=C\c3ccccc3OCc3cccc4ccccc34)C2=O)c(C)c1. The van der Waals surface area contributed by atoms with Gasteiger partial charge in [0.2, 0.25) is 5.91 Å². The van der Waals surface area contributed by atoms with Crippen LogP contribution < -0.4 is 10.1 Å². The van der Waals surface area contributed by atoms with Crippen LogP contribution in [-0.2, 0) is 16.2 Å². The van der Waals surface area contributed by atoms with Crippen molar-refractivity contribution in [2.75, 3.05) is 11.9 Å². The second kappa shape index (κ2) is 11.2. The Morgan fingerprint density at radius 3 is 2.41 bits per heavy atom. The predicted octanol–water partition coefficient (Wildman–Crippen LogP) is 7.02. The van der Waals surface area contributed by atoms with Gasteiger partial charge in [0, 0.05) is 11.3 Å². The van der Waals surface area contributed by atoms with E-state index in [0.29, 0.717) is 23.6 Å². The van der Waals surface area contributed by atoms with Gasteiger partial charge in [-0.05, 0) is 72.1 Å². The summed E-state index contributed by atoms with van der Waals surface area (Å²) < 4.78 is 6.16. The van der Waals surface area contributed by atoms with Gasteiger partial charge in [0.1, 0.15) is 18.9 Å². The second-order valence-corrected chi connectivity index (χ2v) is 10.5. The third-order valence-corrected chi connectivity index (χ3v) is 7.49. The summed E-state index contributed by atoms with van der Waals surface area (Å²) >= 11 is 0.821. The number of para-hydroxylation sites is 1. The molecule has 0 radical (unpaired) electrons. The third-order valence-electron chi connectivity index (χ3n) is 6.59. The van der Waals surface area contributed by atoms with Gasteiger partial charge in [0.15, 0.2) is 0 Å². The molecule has 3 amide bonds. The minimum atomic E-state index is -0.499. The summed E-state index contributed by atoms with van der Waals surface area (Å²) in [5, 5.41) is 4.63. The molecule has 0 aliphatic carbocycles. The summed E-state index contributed by atoms with van der Waals surface area (Å²) in [5.74, 6) is -0.325. The third kappa shape index (κ3) is 5.73. The van der Waals surface area contributed by atoms with Crippen LogP contribution in [0.5, 0.6) is 5.75 Å². The Morgan fingerprint density at radius 2 is 1.62 bits per heavy atom. The first-order chi connectivity index (χ1) is 18.8. The molecule has 7 heteroatoms. The van der Waals surface area contributed by atoms with E-state index in [4.69, 9.17) is 4.74 Å². The Morgan fingerprint density at radius 1 is 0.923 bits per heavy atom. The summed E-state index contributed by atoms with van der Waals surface area (Å²) in [6, 6.07) is 25.6. The second-order valence-electron chi connectivity index (χ2n) is 9.55. The number of amides is 3. The molecule has 5 rings (SSSR count). The lowest BCUT2D eigenvalue weighted by Crippen LogP contribution is -2.36. The smallest absolute Gasteiger partial charge is 0.294 e. The van der Waals surface area contributed by atoms with Gasteiger partial charge >= 0.3 is 0 Å². The number of thioether (sulfide) groups is 1. The zero-order valence-corrected chi connectivity index (χ0v) is 22.8. The van der Waals surface area contributed by atoms with E-state index in [1.807, 2.05) is 81.4 Å². The number of hydrogen-bond acceptors (Lipinski definition) is 5. The highest BCUT2D eigenvalue weighted by Crippen LogP contribution is 2.34. The quantitative estimate of drug-likeness (QED) is 0.257. The summed E-state index contributed by atoms with van der Waals surface area (Å²) in [6.07, 6.45) is 1.65. The molecule has 0 bridgehead atoms. The van der Waals surface area contributed by atoms with Crippen molar-refractivity contribution in [1.82, 2.24) is 4.90 Å². The highest BCUT2D eigenvalue weighted by molar-refractivity contribution is 8.18. The molecule has 39 heavy (non-hydrogen) atoms. The van der Waals surface area contributed by atoms with Gasteiger partial charge in [-0.1, -0.05) is 78.4 Å². The predicted molar refractivity (Wildman–Crippen MR) is 157 cm³/mol. The molecule has 196 valence electrons. The molecule has 0 aromatic heterocycles. The number of rotatable bonds is 7. The van der Waals surface area contributed by atoms with Gasteiger partial charge in [0.25, 0.3) is 11.1 Å². The van der Waals surface area contributed by atoms with E-state index >= 15 is 0 Å². The molecular weight excluding hydrogens is 508 g/mol. The normalized spacial score (nSPS) is 14.3. The molecule has 0 unspecified atom stereocenters. The van der Waals surface area contributed by atoms with Crippen molar-refractivity contribution in [2.45, 2.75) is 27.4 Å². The number of benzene rings is 4. The first-order valence-corrected chi connectivity index (χ1v) is 13.4. The average molecular weight is 537 g/mol. The number of fused-ring (bicyclic) bond motifs is 1. The highest BCUT2D eigenvalue weighted by atomic mass is 32.2. The summed E-state index contributed by atoms with van der Waals surface area (Å²) in [6.45, 7) is 5.82. The van der Waals surface area contributed by atoms with Gasteiger partial charge in [-0.2, -0.15) is 0 Å². The Kier molecular flexibility index (Phi) is 7.52. The first kappa shape index (κ1) is 26.3. The molecule has 0 spiro atoms. The number of carbonyl (C=O) groups excluding carboxylic acids is 3. The number of hydrogen-bond donors (Lipinski definition) is 1. The van der Waals surface area contributed by atoms with Crippen molar-refractivity contribution in [3.05, 3.63) is 112 Å². The van der Waals surface area contributed by atoms with E-state index in [1.165, 1.54) is 0 Å². The van der Waals surface area contributed by atoms with Gasteiger partial charge in [-0.15, -0.1) is 0 Å². The highest BCUT2D eigenvalue weighted by Gasteiger charge is 2.36. The summed E-state index contributed by atoms with van der Waals surface area (Å²) in [5.41, 5.74) is 5.38. The number of carbonyl (C=O) groups is 3. The lowest BCUT2D eigenvalue weighted by Gasteiger charge is -2.16. The molecule has 1 aliphatic heterocycles. The van der Waals surface area contributed by atoms with Crippen molar-refractivity contribution >= 4 is 51.4 Å². The van der Waals surface area contributed by atoms with Crippen molar-refractivity contribution in [1.29, 1.82) is 0 Å². The topological polar surface area (TPSA) is 75.7 Å². The molecule has 1 N–H and O–H groups in total. The van der Waals surface area contributed by atoms with Gasteiger partial charge in [-0.3, -0.25) is 19.3 Å². The molecule has 1 fully saturated rings. The van der Waals surface area contributed by atoms with Crippen molar-refractivity contribution in [2.24, 2.45) is 0 Å². The average Bonchev–Trinajstić information content (AvgIpc) is 3.17. The van der Waals surface area contributed by atoms with Gasteiger partial charge in [0.05, 0.1) is 4.91 Å². The zero-order chi connectivity index (χ0) is 27.5. The van der Waals surface area contributed by atoms with E-state index in [1.54, 1.807) is 6.08 Å². The summed E-state index contributed by atoms with van der Waals surface area (Å²) in [7, 11) is 0. The molecule has 0 saturated carbocycles. The van der Waals surface area contributed by atoms with Crippen LogP contribution in [0.2, 0.25) is 0 Å². The number of anilines is 1. The number of ether oxygens (including phenoxy) is 1. The number of aryl methyl sites for hydroxylation is 3. The maximum atomic E-state index is 13.1. The minimum Gasteiger partial charge on any atom is -0.488 e. The first-order valence-electron chi connectivity index (χ1n) is 12.6. The number of imide groups is 1. The number of nitrogens with one attached hydrogen (secondary N) is 1. The molecule has 0 atom stereocenters. The number of nitrogens with zero attached hydrogens (tertiary/aromatic N) is 1. The molecule has 1 heterocycles. The maximum Gasteiger partial charge on any atom is 0.294 e. The van der Waals surface area contributed by atoms with Crippen molar-refractivity contribution < 1.29 is 19.1 Å².